The summed E-state index contributed by atoms with van der Waals surface area (Å²) < 4.78 is 9.04. The van der Waals surface area contributed by atoms with E-state index in [-0.39, 0.29) is 12.0 Å². The van der Waals surface area contributed by atoms with Crippen LogP contribution < -0.4 is 4.74 Å². The predicted molar refractivity (Wildman–Crippen MR) is 235 cm³/mol. The number of hydrogen-bond donors (Lipinski definition) is 0. The van der Waals surface area contributed by atoms with Gasteiger partial charge in [-0.25, -0.2) is 9.97 Å². The Morgan fingerprint density at radius 3 is 2.02 bits per heavy atom. The van der Waals surface area contributed by atoms with E-state index < -0.39 is 5.41 Å². The van der Waals surface area contributed by atoms with Crippen LogP contribution in [0.4, 0.5) is 0 Å². The van der Waals surface area contributed by atoms with Gasteiger partial charge in [-0.1, -0.05) is 170 Å². The molecule has 9 aromatic rings. The van der Waals surface area contributed by atoms with E-state index in [9.17, 15) is 0 Å². The van der Waals surface area contributed by atoms with E-state index >= 15 is 0 Å². The van der Waals surface area contributed by atoms with Gasteiger partial charge < -0.3 is 4.74 Å². The van der Waals surface area contributed by atoms with Crippen molar-refractivity contribution in [2.45, 2.75) is 11.5 Å². The van der Waals surface area contributed by atoms with Crippen molar-refractivity contribution in [1.29, 1.82) is 0 Å². The highest BCUT2D eigenvalue weighted by Gasteiger charge is 2.55. The van der Waals surface area contributed by atoms with E-state index in [1.165, 1.54) is 43.6 Å². The average Bonchev–Trinajstić information content (AvgIpc) is 3.80. The minimum Gasteiger partial charge on any atom is -0.485 e. The van der Waals surface area contributed by atoms with Crippen LogP contribution in [-0.2, 0) is 5.41 Å². The van der Waals surface area contributed by atoms with Crippen LogP contribution in [0.5, 0.6) is 5.75 Å². The number of allylic oxidation sites excluding steroid dienone is 2. The van der Waals surface area contributed by atoms with Gasteiger partial charge in [-0.05, 0) is 68.8 Å². The highest BCUT2D eigenvalue weighted by molar-refractivity contribution is 7.26. The molecular weight excluding hydrogens is 713 g/mol. The lowest BCUT2D eigenvalue weighted by Gasteiger charge is -2.47. The molecule has 0 amide bonds. The second-order valence-electron chi connectivity index (χ2n) is 15.1. The third-order valence-corrected chi connectivity index (χ3v) is 13.4. The molecule has 268 valence electrons. The summed E-state index contributed by atoms with van der Waals surface area (Å²) in [5.74, 6) is 1.76. The van der Waals surface area contributed by atoms with E-state index in [0.29, 0.717) is 0 Å². The lowest BCUT2D eigenvalue weighted by Crippen LogP contribution is -2.47. The van der Waals surface area contributed by atoms with E-state index in [4.69, 9.17) is 14.7 Å². The van der Waals surface area contributed by atoms with Gasteiger partial charge in [0.2, 0.25) is 0 Å². The zero-order valence-corrected chi connectivity index (χ0v) is 31.7. The maximum Gasteiger partial charge on any atom is 0.160 e. The summed E-state index contributed by atoms with van der Waals surface area (Å²) in [6, 6.07) is 61.3. The van der Waals surface area contributed by atoms with Crippen LogP contribution in [0.1, 0.15) is 16.7 Å². The smallest absolute Gasteiger partial charge is 0.160 e. The molecule has 4 heteroatoms. The maximum absolute atomic E-state index is 6.74. The van der Waals surface area contributed by atoms with Crippen LogP contribution in [0.25, 0.3) is 76.3 Å². The molecule has 3 atom stereocenters. The molecule has 1 spiro atoms. The van der Waals surface area contributed by atoms with E-state index in [0.717, 1.165) is 55.1 Å². The Labute approximate surface area is 334 Å². The van der Waals surface area contributed by atoms with Gasteiger partial charge in [0.25, 0.3) is 0 Å². The molecule has 0 radical (unpaired) electrons. The zero-order chi connectivity index (χ0) is 37.5. The average molecular weight is 747 g/mol. The fourth-order valence-electron chi connectivity index (χ4n) is 9.73. The second-order valence-corrected chi connectivity index (χ2v) is 16.2. The van der Waals surface area contributed by atoms with Crippen molar-refractivity contribution in [3.63, 3.8) is 0 Å². The molecule has 57 heavy (non-hydrogen) atoms. The molecule has 0 saturated carbocycles. The van der Waals surface area contributed by atoms with Crippen molar-refractivity contribution >= 4 is 31.6 Å². The summed E-state index contributed by atoms with van der Waals surface area (Å²) in [4.78, 5) is 10.8. The quantitative estimate of drug-likeness (QED) is 0.180. The van der Waals surface area contributed by atoms with Gasteiger partial charge in [-0.2, -0.15) is 0 Å². The molecule has 3 aliphatic rings. The SMILES string of the molecule is C1=CC2Oc3ccccc3C3(c4ccccc4-c4ccc(-c5ccccc5-c5nc(-c6ccc(-c7ccccc7)cc6)nc6c5sc5ccccc56)cc43)C2C=C1. The maximum atomic E-state index is 6.74. The Morgan fingerprint density at radius 2 is 1.14 bits per heavy atom. The highest BCUT2D eigenvalue weighted by Crippen LogP contribution is 2.62. The molecule has 2 aromatic heterocycles. The lowest BCUT2D eigenvalue weighted by atomic mass is 9.60. The van der Waals surface area contributed by atoms with Gasteiger partial charge in [0, 0.05) is 32.7 Å². The van der Waals surface area contributed by atoms with Crippen LogP contribution in [0, 0.1) is 5.92 Å². The summed E-state index contributed by atoms with van der Waals surface area (Å²) >= 11 is 1.77. The first-order valence-electron chi connectivity index (χ1n) is 19.6. The molecule has 0 bridgehead atoms. The summed E-state index contributed by atoms with van der Waals surface area (Å²) in [5, 5.41) is 1.15. The molecule has 0 saturated heterocycles. The molecule has 3 nitrogen and oxygen atoms in total. The highest BCUT2D eigenvalue weighted by atomic mass is 32.1. The molecule has 12 rings (SSSR count). The van der Waals surface area contributed by atoms with Crippen LogP contribution in [0.15, 0.2) is 194 Å². The summed E-state index contributed by atoms with van der Waals surface area (Å²) in [7, 11) is 0. The number of benzene rings is 7. The lowest BCUT2D eigenvalue weighted by molar-refractivity contribution is 0.141. The molecule has 0 fully saturated rings. The predicted octanol–water partition coefficient (Wildman–Crippen LogP) is 13.3. The largest absolute Gasteiger partial charge is 0.485 e. The van der Waals surface area contributed by atoms with Crippen LogP contribution in [-0.4, -0.2) is 16.1 Å². The Kier molecular flexibility index (Phi) is 7.14. The fraction of sp³-hybridized carbons (Fsp3) is 0.0566. The van der Waals surface area contributed by atoms with Gasteiger partial charge in [-0.3, -0.25) is 0 Å². The number of rotatable bonds is 4. The number of ether oxygens (including phenoxy) is 1. The van der Waals surface area contributed by atoms with Crippen LogP contribution in [0.2, 0.25) is 0 Å². The molecule has 2 aliphatic carbocycles. The van der Waals surface area contributed by atoms with Crippen LogP contribution >= 0.6 is 11.3 Å². The third kappa shape index (κ3) is 4.78. The topological polar surface area (TPSA) is 35.0 Å². The number of nitrogens with zero attached hydrogens (tertiary/aromatic N) is 2. The second kappa shape index (κ2) is 12.6. The normalized spacial score (nSPS) is 18.6. The minimum absolute atomic E-state index is 0.0812. The number of hydrogen-bond acceptors (Lipinski definition) is 4. The molecule has 3 unspecified atom stereocenters. The van der Waals surface area contributed by atoms with Gasteiger partial charge in [0.1, 0.15) is 11.9 Å². The minimum atomic E-state index is -0.426. The van der Waals surface area contributed by atoms with Crippen molar-refractivity contribution < 1.29 is 4.74 Å². The summed E-state index contributed by atoms with van der Waals surface area (Å²) in [5.41, 5.74) is 14.7. The Morgan fingerprint density at radius 1 is 0.491 bits per heavy atom. The van der Waals surface area contributed by atoms with E-state index in [1.807, 2.05) is 0 Å². The van der Waals surface area contributed by atoms with E-state index in [1.54, 1.807) is 11.3 Å². The number of para-hydroxylation sites is 1. The molecule has 7 aromatic carbocycles. The standard InChI is InChI=1S/C53H34N2OS/c1-2-14-33(15-3-1)34-26-28-35(29-27-34)52-54-49(51-50(55-52)41-19-7-13-25-48(41)57-51)40-18-5-4-16-37(40)36-30-31-39-38-17-6-8-20-42(38)53(45(39)32-36)43-21-9-11-23-46(43)56-47-24-12-10-22-44(47)53/h1-32,43,46H. The summed E-state index contributed by atoms with van der Waals surface area (Å²) in [6.45, 7) is 0. The van der Waals surface area contributed by atoms with Gasteiger partial charge in [0.05, 0.1) is 21.3 Å². The van der Waals surface area contributed by atoms with Crippen LogP contribution in [0.3, 0.4) is 0 Å². The van der Waals surface area contributed by atoms with Crippen molar-refractivity contribution in [3.8, 4) is 61.8 Å². The first-order valence-corrected chi connectivity index (χ1v) is 20.4. The molecule has 0 N–H and O–H groups in total. The number of fused-ring (bicyclic) bond motifs is 12. The Hall–Kier alpha value is -6.88. The number of thiophene rings is 1. The van der Waals surface area contributed by atoms with E-state index in [2.05, 4.69) is 194 Å². The van der Waals surface area contributed by atoms with Gasteiger partial charge in [-0.15, -0.1) is 11.3 Å². The molecular formula is C53H34N2OS. The Bertz CT molecular complexity index is 3120. The first kappa shape index (κ1) is 32.4. The molecule has 3 heterocycles. The number of aromatic nitrogens is 2. The van der Waals surface area contributed by atoms with Crippen molar-refractivity contribution in [2.75, 3.05) is 0 Å². The monoisotopic (exact) mass is 746 g/mol. The van der Waals surface area contributed by atoms with Crippen molar-refractivity contribution in [1.82, 2.24) is 9.97 Å². The third-order valence-electron chi connectivity index (χ3n) is 12.2. The fourth-order valence-corrected chi connectivity index (χ4v) is 10.9. The first-order chi connectivity index (χ1) is 28.3. The zero-order valence-electron chi connectivity index (χ0n) is 30.8. The van der Waals surface area contributed by atoms with Gasteiger partial charge in [0.15, 0.2) is 5.82 Å². The van der Waals surface area contributed by atoms with Crippen molar-refractivity contribution in [2.24, 2.45) is 5.92 Å². The molecule has 1 aliphatic heterocycles. The van der Waals surface area contributed by atoms with Gasteiger partial charge >= 0.3 is 0 Å². The van der Waals surface area contributed by atoms with Crippen molar-refractivity contribution in [3.05, 3.63) is 211 Å². The Balaban J connectivity index is 1.07. The summed E-state index contributed by atoms with van der Waals surface area (Å²) in [6.07, 6.45) is 8.82.